The predicted molar refractivity (Wildman–Crippen MR) is 63.2 cm³/mol. The molecule has 3 heteroatoms. The molecule has 0 saturated heterocycles. The molecule has 2 nitrogen and oxygen atoms in total. The van der Waals surface area contributed by atoms with Crippen LogP contribution in [0.15, 0.2) is 30.5 Å². The first kappa shape index (κ1) is 14.2. The van der Waals surface area contributed by atoms with Crippen LogP contribution < -0.4 is 4.68 Å². The van der Waals surface area contributed by atoms with Gasteiger partial charge in [0.15, 0.2) is 7.05 Å². The Labute approximate surface area is 127 Å². The summed E-state index contributed by atoms with van der Waals surface area (Å²) in [5.41, 5.74) is 4.07. The van der Waals surface area contributed by atoms with E-state index in [1.807, 2.05) is 19.2 Å². The maximum absolute atomic E-state index is 5.48. The number of hydrogen-bond donors (Lipinski definition) is 0. The van der Waals surface area contributed by atoms with E-state index >= 15 is 0 Å². The van der Waals surface area contributed by atoms with Crippen LogP contribution in [-0.4, -0.2) is 5.10 Å². The van der Waals surface area contributed by atoms with Gasteiger partial charge in [-0.25, -0.2) is 0 Å². The van der Waals surface area contributed by atoms with Gasteiger partial charge in [0.2, 0.25) is 0 Å². The van der Waals surface area contributed by atoms with Crippen molar-refractivity contribution in [1.82, 2.24) is 5.10 Å². The molecule has 0 N–H and O–H groups in total. The molecule has 0 bridgehead atoms. The molecular weight excluding hydrogens is 285 g/mol. The van der Waals surface area contributed by atoms with Gasteiger partial charge >= 0.3 is 0 Å². The fourth-order valence-electron chi connectivity index (χ4n) is 1.62. The van der Waals surface area contributed by atoms with Crippen molar-refractivity contribution in [1.29, 1.82) is 0 Å². The number of benzene rings is 1. The Balaban J connectivity index is 0.00000144. The Bertz CT molecular complexity index is 535. The number of hydrogen-bond acceptors (Lipinski definition) is 1. The van der Waals surface area contributed by atoms with E-state index in [9.17, 15) is 0 Å². The van der Waals surface area contributed by atoms with Gasteiger partial charge in [0.05, 0.1) is 0 Å². The van der Waals surface area contributed by atoms with Gasteiger partial charge in [-0.1, -0.05) is 41.1 Å². The normalized spacial score (nSPS) is 9.53. The number of nitrogens with zero attached hydrogens (tertiary/aromatic N) is 2. The smallest absolute Gasteiger partial charge is 0.162 e. The first-order valence-corrected chi connectivity index (χ1v) is 5.12. The zero-order valence-corrected chi connectivity index (χ0v) is 12.9. The molecule has 17 heavy (non-hydrogen) atoms. The molecule has 0 fully saturated rings. The third-order valence-electron chi connectivity index (χ3n) is 2.54. The van der Waals surface area contributed by atoms with Crippen molar-refractivity contribution in [2.75, 3.05) is 0 Å². The summed E-state index contributed by atoms with van der Waals surface area (Å²) in [5, 5.41) is 4.24. The summed E-state index contributed by atoms with van der Waals surface area (Å²) in [6.07, 6.45) is 3.20. The molecule has 0 amide bonds. The predicted octanol–water partition coefficient (Wildman–Crippen LogP) is 2.13. The molecule has 2 aromatic rings. The molecule has 1 radical (unpaired) electrons. The molecule has 0 aliphatic rings. The van der Waals surface area contributed by atoms with Crippen molar-refractivity contribution in [2.24, 2.45) is 7.05 Å². The molecule has 0 spiro atoms. The van der Waals surface area contributed by atoms with Gasteiger partial charge in [0.25, 0.3) is 0 Å². The second-order valence-corrected chi connectivity index (χ2v) is 3.68. The van der Waals surface area contributed by atoms with Gasteiger partial charge in [0, 0.05) is 32.7 Å². The Morgan fingerprint density at radius 2 is 2.06 bits per heavy atom. The maximum Gasteiger partial charge on any atom is 0.162 e. The largest absolute Gasteiger partial charge is 0.344 e. The fourth-order valence-corrected chi connectivity index (χ4v) is 1.62. The van der Waals surface area contributed by atoms with E-state index in [0.29, 0.717) is 0 Å². The maximum atomic E-state index is 5.48. The summed E-state index contributed by atoms with van der Waals surface area (Å²) in [5.74, 6) is 0. The number of aromatic nitrogens is 2. The van der Waals surface area contributed by atoms with Crippen LogP contribution in [0, 0.1) is 19.6 Å². The first-order chi connectivity index (χ1) is 7.72. The molecule has 0 saturated carbocycles. The van der Waals surface area contributed by atoms with Crippen LogP contribution in [0.4, 0.5) is 0 Å². The third-order valence-corrected chi connectivity index (χ3v) is 2.54. The summed E-state index contributed by atoms with van der Waals surface area (Å²) >= 11 is 0. The molecule has 0 aliphatic heterocycles. The van der Waals surface area contributed by atoms with Crippen LogP contribution >= 0.6 is 0 Å². The Kier molecular flexibility index (Phi) is 5.16. The van der Waals surface area contributed by atoms with Crippen LogP contribution in [0.2, 0.25) is 0 Å². The van der Waals surface area contributed by atoms with E-state index in [-0.39, 0.29) is 32.7 Å². The second kappa shape index (κ2) is 6.18. The quantitative estimate of drug-likeness (QED) is 0.613. The molecule has 2 rings (SSSR count). The topological polar surface area (TPSA) is 16.8 Å². The van der Waals surface area contributed by atoms with Crippen LogP contribution in [0.5, 0.6) is 0 Å². The van der Waals surface area contributed by atoms with Crippen LogP contribution in [0.1, 0.15) is 11.1 Å². The molecule has 0 unspecified atom stereocenters. The van der Waals surface area contributed by atoms with Gasteiger partial charge in [0.1, 0.15) is 5.69 Å². The van der Waals surface area contributed by atoms with Crippen LogP contribution in [0.25, 0.3) is 17.3 Å². The summed E-state index contributed by atoms with van der Waals surface area (Å²) in [6.45, 7) is 7.55. The monoisotopic (exact) mass is 298 g/mol. The van der Waals surface area contributed by atoms with Gasteiger partial charge in [-0.05, 0) is 12.5 Å². The average Bonchev–Trinajstić information content (AvgIpc) is 2.31. The van der Waals surface area contributed by atoms with E-state index in [0.717, 1.165) is 16.8 Å². The van der Waals surface area contributed by atoms with E-state index in [1.54, 1.807) is 10.9 Å². The van der Waals surface area contributed by atoms with Crippen molar-refractivity contribution in [3.05, 3.63) is 54.2 Å². The van der Waals surface area contributed by atoms with E-state index < -0.39 is 0 Å². The van der Waals surface area contributed by atoms with Gasteiger partial charge in [-0.3, -0.25) is 5.56 Å². The molecular formula is C14H13N2Y-. The minimum Gasteiger partial charge on any atom is -0.344 e. The van der Waals surface area contributed by atoms with Crippen molar-refractivity contribution >= 4 is 6.08 Å². The van der Waals surface area contributed by atoms with Crippen molar-refractivity contribution in [3.8, 4) is 11.3 Å². The van der Waals surface area contributed by atoms with E-state index in [1.165, 1.54) is 11.6 Å². The van der Waals surface area contributed by atoms with Gasteiger partial charge < -0.3 is 12.7 Å². The molecule has 0 aliphatic carbocycles. The zero-order valence-electron chi connectivity index (χ0n) is 10.0. The average molecular weight is 298 g/mol. The first-order valence-electron chi connectivity index (χ1n) is 5.12. The van der Waals surface area contributed by atoms with E-state index in [4.69, 9.17) is 6.58 Å². The van der Waals surface area contributed by atoms with Gasteiger partial charge in [-0.15, -0.1) is 4.68 Å². The summed E-state index contributed by atoms with van der Waals surface area (Å²) in [7, 11) is 1.90. The Morgan fingerprint density at radius 1 is 1.35 bits per heavy atom. The standard InChI is InChI=1S/C14H13N2.Y/c1-4-12-9-14(16(3)15-10-12)13-8-6-5-7-11(13)2;/h1,4-8,10H,2-3H3;/q-1;. The van der Waals surface area contributed by atoms with Crippen LogP contribution in [0.3, 0.4) is 0 Å². The Morgan fingerprint density at radius 3 is 2.71 bits per heavy atom. The minimum atomic E-state index is 0. The Hall–Kier alpha value is -0.856. The molecule has 1 aromatic carbocycles. The fraction of sp³-hybridized carbons (Fsp3) is 0.143. The van der Waals surface area contributed by atoms with Crippen LogP contribution in [-0.2, 0) is 39.8 Å². The van der Waals surface area contributed by atoms with Gasteiger partial charge in [-0.2, -0.15) is 6.07 Å². The minimum absolute atomic E-state index is 0. The molecule has 0 atom stereocenters. The van der Waals surface area contributed by atoms with E-state index in [2.05, 4.69) is 30.2 Å². The SMILES string of the molecule is [CH-]=Cc1[c-]c(-c2ccccc2C)[n+](C)nc1.[Y]. The molecule has 1 heterocycles. The van der Waals surface area contributed by atoms with Crippen molar-refractivity contribution < 1.29 is 37.4 Å². The number of rotatable bonds is 2. The summed E-state index contributed by atoms with van der Waals surface area (Å²) < 4.78 is 1.80. The van der Waals surface area contributed by atoms with Crippen molar-refractivity contribution in [2.45, 2.75) is 6.92 Å². The molecule has 83 valence electrons. The van der Waals surface area contributed by atoms with Crippen molar-refractivity contribution in [3.63, 3.8) is 0 Å². The summed E-state index contributed by atoms with van der Waals surface area (Å²) in [6, 6.07) is 11.4. The second-order valence-electron chi connectivity index (χ2n) is 3.68. The third kappa shape index (κ3) is 3.08. The zero-order chi connectivity index (χ0) is 11.5. The summed E-state index contributed by atoms with van der Waals surface area (Å²) in [4.78, 5) is 0. The number of aryl methyl sites for hydroxylation is 2. The molecule has 1 aromatic heterocycles.